The predicted molar refractivity (Wildman–Crippen MR) is 97.4 cm³/mol. The number of hydrogen-bond acceptors (Lipinski definition) is 6. The number of nitrogens with one attached hydrogen (secondary N) is 1. The summed E-state index contributed by atoms with van der Waals surface area (Å²) in [6.45, 7) is 3.19. The number of carbonyl (C=O) groups excluding carboxylic acids is 2. The van der Waals surface area contributed by atoms with Crippen molar-refractivity contribution in [3.63, 3.8) is 0 Å². The normalized spacial score (nSPS) is 11.6. The van der Waals surface area contributed by atoms with Crippen LogP contribution in [0.2, 0.25) is 0 Å². The van der Waals surface area contributed by atoms with E-state index in [0.29, 0.717) is 5.76 Å². The van der Waals surface area contributed by atoms with Gasteiger partial charge in [0.05, 0.1) is 23.3 Å². The summed E-state index contributed by atoms with van der Waals surface area (Å²) in [4.78, 5) is 23.8. The monoisotopic (exact) mass is 394 g/mol. The largest absolute Gasteiger partial charge is 0.467 e. The Morgan fingerprint density at radius 1 is 1.22 bits per heavy atom. The molecule has 27 heavy (non-hydrogen) atoms. The van der Waals surface area contributed by atoms with Gasteiger partial charge in [-0.05, 0) is 44.2 Å². The Balaban J connectivity index is 1.97. The molecule has 0 aliphatic rings. The van der Waals surface area contributed by atoms with Gasteiger partial charge in [-0.15, -0.1) is 0 Å². The molecule has 0 aliphatic heterocycles. The molecule has 1 amide bonds. The summed E-state index contributed by atoms with van der Waals surface area (Å²) in [5.41, 5.74) is 0.0482. The van der Waals surface area contributed by atoms with E-state index in [1.165, 1.54) is 41.9 Å². The van der Waals surface area contributed by atoms with Crippen molar-refractivity contribution in [3.05, 3.63) is 54.0 Å². The SMILES string of the molecule is CC(C)N(C)S(=O)(=O)c1cccc(C(=O)OCC(=O)NCc2ccco2)c1. The van der Waals surface area contributed by atoms with Crippen molar-refractivity contribution in [2.75, 3.05) is 13.7 Å². The van der Waals surface area contributed by atoms with Crippen LogP contribution in [0.5, 0.6) is 0 Å². The molecule has 146 valence electrons. The van der Waals surface area contributed by atoms with Gasteiger partial charge >= 0.3 is 5.97 Å². The molecule has 2 aromatic rings. The molecule has 1 aromatic carbocycles. The summed E-state index contributed by atoms with van der Waals surface area (Å²) in [6.07, 6.45) is 1.49. The molecule has 0 spiro atoms. The van der Waals surface area contributed by atoms with Gasteiger partial charge in [-0.1, -0.05) is 6.07 Å². The molecule has 8 nitrogen and oxygen atoms in total. The standard InChI is InChI=1S/C18H22N2O6S/c1-13(2)20(3)27(23,24)16-8-4-6-14(10-16)18(22)26-12-17(21)19-11-15-7-5-9-25-15/h4-10,13H,11-12H2,1-3H3,(H,19,21). The van der Waals surface area contributed by atoms with Crippen LogP contribution in [0.15, 0.2) is 52.0 Å². The highest BCUT2D eigenvalue weighted by molar-refractivity contribution is 7.89. The Kier molecular flexibility index (Phi) is 6.75. The van der Waals surface area contributed by atoms with Crippen LogP contribution in [0.1, 0.15) is 30.0 Å². The molecule has 1 aromatic heterocycles. The summed E-state index contributed by atoms with van der Waals surface area (Å²) in [5.74, 6) is -0.711. The quantitative estimate of drug-likeness (QED) is 0.684. The average Bonchev–Trinajstić information content (AvgIpc) is 3.17. The van der Waals surface area contributed by atoms with Crippen LogP contribution in [0.25, 0.3) is 0 Å². The highest BCUT2D eigenvalue weighted by atomic mass is 32.2. The van der Waals surface area contributed by atoms with Crippen LogP contribution in [0.3, 0.4) is 0 Å². The van der Waals surface area contributed by atoms with Gasteiger partial charge in [0.25, 0.3) is 5.91 Å². The first-order valence-electron chi connectivity index (χ1n) is 8.26. The Morgan fingerprint density at radius 3 is 2.59 bits per heavy atom. The van der Waals surface area contributed by atoms with E-state index >= 15 is 0 Å². The second kappa shape index (κ2) is 8.83. The Labute approximate surface area is 158 Å². The number of ether oxygens (including phenoxy) is 1. The molecule has 0 aliphatic carbocycles. The van der Waals surface area contributed by atoms with Gasteiger partial charge in [0.2, 0.25) is 10.0 Å². The van der Waals surface area contributed by atoms with Crippen molar-refractivity contribution < 1.29 is 27.2 Å². The summed E-state index contributed by atoms with van der Waals surface area (Å²) in [7, 11) is -2.26. The number of amides is 1. The second-order valence-electron chi connectivity index (χ2n) is 6.08. The topological polar surface area (TPSA) is 106 Å². The van der Waals surface area contributed by atoms with E-state index in [9.17, 15) is 18.0 Å². The minimum atomic E-state index is -3.72. The molecule has 0 fully saturated rings. The lowest BCUT2D eigenvalue weighted by molar-refractivity contribution is -0.124. The number of nitrogens with zero attached hydrogens (tertiary/aromatic N) is 1. The summed E-state index contributed by atoms with van der Waals surface area (Å²) < 4.78 is 36.3. The molecule has 0 atom stereocenters. The van der Waals surface area contributed by atoms with E-state index in [-0.39, 0.29) is 23.0 Å². The summed E-state index contributed by atoms with van der Waals surface area (Å²) >= 11 is 0. The van der Waals surface area contributed by atoms with Gasteiger partial charge in [0.1, 0.15) is 5.76 Å². The van der Waals surface area contributed by atoms with Gasteiger partial charge in [-0.2, -0.15) is 4.31 Å². The molecule has 1 heterocycles. The van der Waals surface area contributed by atoms with Gasteiger partial charge < -0.3 is 14.5 Å². The molecule has 0 radical (unpaired) electrons. The number of sulfonamides is 1. The van der Waals surface area contributed by atoms with Crippen molar-refractivity contribution in [2.24, 2.45) is 0 Å². The Bertz CT molecular complexity index is 890. The molecule has 2 rings (SSSR count). The summed E-state index contributed by atoms with van der Waals surface area (Å²) in [5, 5.41) is 2.54. The van der Waals surface area contributed by atoms with Gasteiger partial charge in [0.15, 0.2) is 6.61 Å². The molecular formula is C18H22N2O6S. The molecule has 0 saturated carbocycles. The highest BCUT2D eigenvalue weighted by Crippen LogP contribution is 2.18. The maximum Gasteiger partial charge on any atom is 0.338 e. The van der Waals surface area contributed by atoms with Gasteiger partial charge in [-0.25, -0.2) is 13.2 Å². The number of hydrogen-bond donors (Lipinski definition) is 1. The maximum absolute atomic E-state index is 12.5. The zero-order valence-electron chi connectivity index (χ0n) is 15.3. The van der Waals surface area contributed by atoms with E-state index < -0.39 is 28.5 Å². The zero-order chi connectivity index (χ0) is 20.0. The van der Waals surface area contributed by atoms with E-state index in [1.54, 1.807) is 26.0 Å². The number of benzene rings is 1. The van der Waals surface area contributed by atoms with Crippen LogP contribution >= 0.6 is 0 Å². The molecule has 0 unspecified atom stereocenters. The lowest BCUT2D eigenvalue weighted by Gasteiger charge is -2.21. The van der Waals surface area contributed by atoms with Crippen molar-refractivity contribution in [3.8, 4) is 0 Å². The van der Waals surface area contributed by atoms with Crippen LogP contribution in [-0.4, -0.2) is 44.3 Å². The minimum Gasteiger partial charge on any atom is -0.467 e. The minimum absolute atomic E-state index is 0.0181. The fraction of sp³-hybridized carbons (Fsp3) is 0.333. The number of furan rings is 1. The maximum atomic E-state index is 12.5. The van der Waals surface area contributed by atoms with Gasteiger partial charge in [-0.3, -0.25) is 4.79 Å². The van der Waals surface area contributed by atoms with Crippen LogP contribution in [0, 0.1) is 0 Å². The van der Waals surface area contributed by atoms with Crippen molar-refractivity contribution >= 4 is 21.9 Å². The van der Waals surface area contributed by atoms with Crippen molar-refractivity contribution in [1.82, 2.24) is 9.62 Å². The van der Waals surface area contributed by atoms with Crippen LogP contribution in [0.4, 0.5) is 0 Å². The third kappa shape index (κ3) is 5.41. The Morgan fingerprint density at radius 2 is 1.96 bits per heavy atom. The molecule has 9 heteroatoms. The number of esters is 1. The zero-order valence-corrected chi connectivity index (χ0v) is 16.2. The van der Waals surface area contributed by atoms with E-state index in [2.05, 4.69) is 5.32 Å². The first-order chi connectivity index (χ1) is 12.7. The van der Waals surface area contributed by atoms with Crippen molar-refractivity contribution in [1.29, 1.82) is 0 Å². The predicted octanol–water partition coefficient (Wildman–Crippen LogP) is 1.78. The summed E-state index contributed by atoms with van der Waals surface area (Å²) in [6, 6.07) is 8.68. The smallest absolute Gasteiger partial charge is 0.338 e. The molecule has 1 N–H and O–H groups in total. The first-order valence-corrected chi connectivity index (χ1v) is 9.70. The Hall–Kier alpha value is -2.65. The highest BCUT2D eigenvalue weighted by Gasteiger charge is 2.24. The fourth-order valence-electron chi connectivity index (χ4n) is 2.09. The number of carbonyl (C=O) groups is 2. The first kappa shape index (κ1) is 20.7. The molecule has 0 bridgehead atoms. The van der Waals surface area contributed by atoms with E-state index in [0.717, 1.165) is 0 Å². The van der Waals surface area contributed by atoms with E-state index in [1.807, 2.05) is 0 Å². The lowest BCUT2D eigenvalue weighted by atomic mass is 10.2. The fourth-order valence-corrected chi connectivity index (χ4v) is 3.51. The number of rotatable bonds is 8. The lowest BCUT2D eigenvalue weighted by Crippen LogP contribution is -2.33. The van der Waals surface area contributed by atoms with Crippen LogP contribution < -0.4 is 5.32 Å². The average molecular weight is 394 g/mol. The molecule has 0 saturated heterocycles. The molecular weight excluding hydrogens is 372 g/mol. The second-order valence-corrected chi connectivity index (χ2v) is 8.07. The van der Waals surface area contributed by atoms with Crippen molar-refractivity contribution in [2.45, 2.75) is 31.3 Å². The van der Waals surface area contributed by atoms with E-state index in [4.69, 9.17) is 9.15 Å². The van der Waals surface area contributed by atoms with Gasteiger partial charge in [0, 0.05) is 13.1 Å². The third-order valence-electron chi connectivity index (χ3n) is 3.85. The van der Waals surface area contributed by atoms with Crippen LogP contribution in [-0.2, 0) is 26.1 Å². The third-order valence-corrected chi connectivity index (χ3v) is 5.88.